The summed E-state index contributed by atoms with van der Waals surface area (Å²) in [5, 5.41) is 23.4. The molecule has 11 heteroatoms. The third-order valence-electron chi connectivity index (χ3n) is 10.3. The lowest BCUT2D eigenvalue weighted by molar-refractivity contribution is -0.219. The van der Waals surface area contributed by atoms with Crippen molar-refractivity contribution in [2.24, 2.45) is 28.6 Å². The molecule has 216 valence electrons. The number of aliphatic hydroxyl groups excluding tert-OH is 1. The largest absolute Gasteiger partial charge is 0.454 e. The minimum Gasteiger partial charge on any atom is -0.454 e. The van der Waals surface area contributed by atoms with Gasteiger partial charge in [-0.3, -0.25) is 14.1 Å². The highest BCUT2D eigenvalue weighted by Crippen LogP contribution is 2.70. The number of hydrogen-bond donors (Lipinski definition) is 3. The molecule has 40 heavy (non-hydrogen) atoms. The number of allylic oxidation sites excluding steroid dienone is 4. The summed E-state index contributed by atoms with van der Waals surface area (Å²) in [5.74, 6) is -3.86. The quantitative estimate of drug-likeness (QED) is 0.354. The summed E-state index contributed by atoms with van der Waals surface area (Å²) in [5.41, 5.74) is -6.17. The number of carbonyl (C=O) groups is 3. The van der Waals surface area contributed by atoms with Gasteiger partial charge in [-0.15, -0.1) is 0 Å². The Morgan fingerprint density at radius 3 is 2.58 bits per heavy atom. The normalized spacial score (nSPS) is 40.5. The topological polar surface area (TPSA) is 155 Å². The Hall–Kier alpha value is -2.73. The molecule has 0 bridgehead atoms. The van der Waals surface area contributed by atoms with Crippen molar-refractivity contribution in [2.45, 2.75) is 68.7 Å². The van der Waals surface area contributed by atoms with Gasteiger partial charge in [0.1, 0.15) is 5.60 Å². The van der Waals surface area contributed by atoms with Gasteiger partial charge in [-0.1, -0.05) is 31.6 Å². The Morgan fingerprint density at radius 1 is 1.20 bits per heavy atom. The number of halogens is 1. The van der Waals surface area contributed by atoms with E-state index in [1.807, 2.05) is 0 Å². The third-order valence-corrected chi connectivity index (χ3v) is 11.2. The van der Waals surface area contributed by atoms with Gasteiger partial charge in [-0.25, -0.2) is 9.18 Å². The predicted octanol–water partition coefficient (Wildman–Crippen LogP) is 3.01. The maximum absolute atomic E-state index is 17.3. The lowest BCUT2D eigenvalue weighted by Gasteiger charge is -2.62. The number of esters is 1. The van der Waals surface area contributed by atoms with Gasteiger partial charge in [0.05, 0.1) is 16.6 Å². The van der Waals surface area contributed by atoms with Crippen molar-refractivity contribution >= 4 is 27.7 Å². The average molecular weight is 577 g/mol. The molecule has 0 unspecified atom stereocenters. The molecule has 0 heterocycles. The van der Waals surface area contributed by atoms with Crippen molar-refractivity contribution in [3.8, 4) is 0 Å². The molecule has 5 rings (SSSR count). The highest BCUT2D eigenvalue weighted by Gasteiger charge is 2.75. The van der Waals surface area contributed by atoms with Gasteiger partial charge in [-0.05, 0) is 74.8 Å². The van der Waals surface area contributed by atoms with Crippen molar-refractivity contribution in [2.75, 3.05) is 6.61 Å². The van der Waals surface area contributed by atoms with Crippen LogP contribution >= 0.6 is 0 Å². The van der Waals surface area contributed by atoms with E-state index in [9.17, 15) is 37.6 Å². The SMILES string of the molecule is C[C@@H]1C[C@@H]2[C@@H]3CCC4=CC(=O)C=C[C@]4(C)[C@@]3(F)[C@@H](O)C[C@]2(C)[C@@]1(O)C(=O)COC(=O)c1cccc(S(=O)(=O)O)c1. The third kappa shape index (κ3) is 3.81. The second-order valence-electron chi connectivity index (χ2n) is 12.2. The molecule has 4 aliphatic carbocycles. The fourth-order valence-corrected chi connectivity index (χ4v) is 8.77. The van der Waals surface area contributed by atoms with E-state index in [1.165, 1.54) is 30.4 Å². The first kappa shape index (κ1) is 28.8. The van der Waals surface area contributed by atoms with Crippen molar-refractivity contribution in [1.82, 2.24) is 0 Å². The second-order valence-corrected chi connectivity index (χ2v) is 13.6. The molecule has 3 N–H and O–H groups in total. The zero-order valence-electron chi connectivity index (χ0n) is 22.5. The molecule has 4 aliphatic rings. The van der Waals surface area contributed by atoms with E-state index in [-0.39, 0.29) is 17.8 Å². The fourth-order valence-electron chi connectivity index (χ4n) is 8.25. The van der Waals surface area contributed by atoms with Gasteiger partial charge >= 0.3 is 5.97 Å². The molecule has 0 spiro atoms. The van der Waals surface area contributed by atoms with Crippen molar-refractivity contribution in [3.05, 3.63) is 53.6 Å². The Labute approximate surface area is 231 Å². The first-order valence-corrected chi connectivity index (χ1v) is 14.8. The lowest BCUT2D eigenvalue weighted by atomic mass is 9.44. The molecule has 1 aromatic rings. The molecule has 1 aromatic carbocycles. The number of aliphatic hydroxyl groups is 2. The van der Waals surface area contributed by atoms with Crippen LogP contribution in [0.4, 0.5) is 4.39 Å². The maximum atomic E-state index is 17.3. The molecule has 0 amide bonds. The van der Waals surface area contributed by atoms with Gasteiger partial charge < -0.3 is 14.9 Å². The number of fused-ring (bicyclic) bond motifs is 5. The summed E-state index contributed by atoms with van der Waals surface area (Å²) >= 11 is 0. The number of rotatable bonds is 5. The van der Waals surface area contributed by atoms with Crippen LogP contribution in [0.5, 0.6) is 0 Å². The Morgan fingerprint density at radius 2 is 1.90 bits per heavy atom. The van der Waals surface area contributed by atoms with E-state index < -0.39 is 79.3 Å². The van der Waals surface area contributed by atoms with E-state index in [1.54, 1.807) is 20.8 Å². The Kier molecular flexibility index (Phi) is 6.58. The highest BCUT2D eigenvalue weighted by molar-refractivity contribution is 7.85. The fraction of sp³-hybridized carbons (Fsp3) is 0.552. The second kappa shape index (κ2) is 9.14. The number of carbonyl (C=O) groups excluding carboxylic acids is 3. The number of hydrogen-bond acceptors (Lipinski definition) is 8. The van der Waals surface area contributed by atoms with E-state index in [0.717, 1.165) is 12.1 Å². The average Bonchev–Trinajstić information content (AvgIpc) is 3.09. The monoisotopic (exact) mass is 576 g/mol. The highest BCUT2D eigenvalue weighted by atomic mass is 32.2. The molecule has 0 saturated heterocycles. The van der Waals surface area contributed by atoms with Gasteiger partial charge in [0.25, 0.3) is 10.1 Å². The molecule has 8 atom stereocenters. The van der Waals surface area contributed by atoms with Crippen LogP contribution in [0.1, 0.15) is 56.8 Å². The van der Waals surface area contributed by atoms with Gasteiger partial charge in [-0.2, -0.15) is 8.42 Å². The zero-order chi connectivity index (χ0) is 29.5. The standard InChI is InChI=1S/C29H33FO9S/c1-16-11-22-21-8-7-18-13-19(31)9-10-26(18,2)28(21,30)23(32)14-27(22,3)29(16,35)24(33)15-39-25(34)17-5-4-6-20(12-17)40(36,37)38/h4-6,9-10,12-13,16,21-23,32,35H,7-8,11,14-15H2,1-3H3,(H,36,37,38)/t16-,21+,22-,23+,26+,27+,28+,29+/m1/s1. The van der Waals surface area contributed by atoms with E-state index in [0.29, 0.717) is 24.8 Å². The summed E-state index contributed by atoms with van der Waals surface area (Å²) in [7, 11) is -4.57. The Bertz CT molecular complexity index is 1470. The van der Waals surface area contributed by atoms with Crippen LogP contribution < -0.4 is 0 Å². The van der Waals surface area contributed by atoms with Crippen LogP contribution in [-0.4, -0.2) is 64.7 Å². The molecular weight excluding hydrogens is 543 g/mol. The molecule has 3 fully saturated rings. The van der Waals surface area contributed by atoms with Crippen LogP contribution in [0.15, 0.2) is 53.0 Å². The van der Waals surface area contributed by atoms with Crippen molar-refractivity contribution < 1.29 is 46.7 Å². The molecular formula is C29H33FO9S. The number of alkyl halides is 1. The minimum absolute atomic E-state index is 0.216. The summed E-state index contributed by atoms with van der Waals surface area (Å²) in [6.45, 7) is 4.22. The summed E-state index contributed by atoms with van der Waals surface area (Å²) in [6, 6.07) is 4.48. The van der Waals surface area contributed by atoms with Gasteiger partial charge in [0.2, 0.25) is 5.78 Å². The Balaban J connectivity index is 1.41. The van der Waals surface area contributed by atoms with E-state index in [4.69, 9.17) is 4.74 Å². The van der Waals surface area contributed by atoms with E-state index in [2.05, 4.69) is 0 Å². The summed E-state index contributed by atoms with van der Waals surface area (Å²) < 4.78 is 54.4. The maximum Gasteiger partial charge on any atom is 0.338 e. The van der Waals surface area contributed by atoms with Crippen LogP contribution in [0.25, 0.3) is 0 Å². The van der Waals surface area contributed by atoms with E-state index >= 15 is 4.39 Å². The minimum atomic E-state index is -4.57. The molecule has 3 saturated carbocycles. The number of benzene rings is 1. The first-order chi connectivity index (χ1) is 18.5. The first-order valence-electron chi connectivity index (χ1n) is 13.3. The van der Waals surface area contributed by atoms with Crippen LogP contribution in [0, 0.1) is 28.6 Å². The number of ketones is 2. The number of ether oxygens (including phenoxy) is 1. The van der Waals surface area contributed by atoms with Crippen LogP contribution in [-0.2, 0) is 24.4 Å². The molecule has 0 aliphatic heterocycles. The zero-order valence-corrected chi connectivity index (χ0v) is 23.3. The van der Waals surface area contributed by atoms with Crippen LogP contribution in [0.3, 0.4) is 0 Å². The predicted molar refractivity (Wildman–Crippen MR) is 139 cm³/mol. The summed E-state index contributed by atoms with van der Waals surface area (Å²) in [4.78, 5) is 37.7. The molecule has 9 nitrogen and oxygen atoms in total. The molecule has 0 radical (unpaired) electrons. The smallest absolute Gasteiger partial charge is 0.338 e. The summed E-state index contributed by atoms with van der Waals surface area (Å²) in [6.07, 6.45) is 3.64. The van der Waals surface area contributed by atoms with Gasteiger partial charge in [0.15, 0.2) is 18.1 Å². The van der Waals surface area contributed by atoms with Crippen molar-refractivity contribution in [1.29, 1.82) is 0 Å². The molecule has 0 aromatic heterocycles. The lowest BCUT2D eigenvalue weighted by Crippen LogP contribution is -2.69. The van der Waals surface area contributed by atoms with Crippen molar-refractivity contribution in [3.63, 3.8) is 0 Å². The number of Topliss-reactive ketones (excluding diaryl/α,β-unsaturated/α-hetero) is 1. The van der Waals surface area contributed by atoms with Gasteiger partial charge in [0, 0.05) is 16.7 Å². The van der Waals surface area contributed by atoms with Crippen LogP contribution in [0.2, 0.25) is 0 Å².